The molecular formula is C11H17NO3S. The zero-order valence-electron chi connectivity index (χ0n) is 9.33. The van der Waals surface area contributed by atoms with Gasteiger partial charge in [-0.1, -0.05) is 0 Å². The molecule has 16 heavy (non-hydrogen) atoms. The summed E-state index contributed by atoms with van der Waals surface area (Å²) in [6.45, 7) is 0. The van der Waals surface area contributed by atoms with Crippen LogP contribution in [-0.4, -0.2) is 36.6 Å². The van der Waals surface area contributed by atoms with Crippen LogP contribution in [0, 0.1) is 0 Å². The van der Waals surface area contributed by atoms with E-state index in [0.29, 0.717) is 12.8 Å². The van der Waals surface area contributed by atoms with E-state index in [1.807, 2.05) is 12.1 Å². The first-order valence-electron chi connectivity index (χ1n) is 5.22. The van der Waals surface area contributed by atoms with Crippen molar-refractivity contribution in [1.29, 1.82) is 0 Å². The number of aryl methyl sites for hydroxylation is 1. The SMILES string of the molecule is CS(=O)(=O)CCC(O)CCc1ccncc1. The Kier molecular flexibility index (Phi) is 4.89. The van der Waals surface area contributed by atoms with Gasteiger partial charge in [-0.2, -0.15) is 0 Å². The van der Waals surface area contributed by atoms with Crippen LogP contribution < -0.4 is 0 Å². The highest BCUT2D eigenvalue weighted by Gasteiger charge is 2.09. The van der Waals surface area contributed by atoms with Crippen molar-refractivity contribution in [3.63, 3.8) is 0 Å². The molecule has 1 heterocycles. The number of nitrogens with zero attached hydrogens (tertiary/aromatic N) is 1. The zero-order valence-corrected chi connectivity index (χ0v) is 10.2. The quantitative estimate of drug-likeness (QED) is 0.803. The third kappa shape index (κ3) is 5.82. The molecule has 0 amide bonds. The number of aliphatic hydroxyl groups is 1. The van der Waals surface area contributed by atoms with Crippen molar-refractivity contribution in [1.82, 2.24) is 4.98 Å². The molecule has 0 bridgehead atoms. The first-order chi connectivity index (χ1) is 7.47. The Morgan fingerprint density at radius 3 is 2.50 bits per heavy atom. The lowest BCUT2D eigenvalue weighted by Gasteiger charge is -2.09. The van der Waals surface area contributed by atoms with Crippen molar-refractivity contribution in [3.05, 3.63) is 30.1 Å². The van der Waals surface area contributed by atoms with Gasteiger partial charge in [-0.15, -0.1) is 0 Å². The van der Waals surface area contributed by atoms with Gasteiger partial charge >= 0.3 is 0 Å². The molecule has 1 atom stereocenters. The molecule has 1 rings (SSSR count). The molecule has 1 unspecified atom stereocenters. The standard InChI is InChI=1S/C11H17NO3S/c1-16(14,15)9-6-11(13)3-2-10-4-7-12-8-5-10/h4-5,7-8,11,13H,2-3,6,9H2,1H3. The van der Waals surface area contributed by atoms with Crippen LogP contribution in [0.25, 0.3) is 0 Å². The zero-order chi connectivity index (χ0) is 12.0. The molecule has 0 fully saturated rings. The van der Waals surface area contributed by atoms with E-state index in [-0.39, 0.29) is 5.75 Å². The van der Waals surface area contributed by atoms with E-state index in [9.17, 15) is 13.5 Å². The molecule has 0 radical (unpaired) electrons. The minimum atomic E-state index is -2.97. The number of pyridine rings is 1. The fraction of sp³-hybridized carbons (Fsp3) is 0.545. The van der Waals surface area contributed by atoms with Crippen LogP contribution >= 0.6 is 0 Å². The smallest absolute Gasteiger partial charge is 0.147 e. The summed E-state index contributed by atoms with van der Waals surface area (Å²) in [5.74, 6) is 0.0461. The number of hydrogen-bond donors (Lipinski definition) is 1. The van der Waals surface area contributed by atoms with Crippen LogP contribution in [0.15, 0.2) is 24.5 Å². The average Bonchev–Trinajstić information content (AvgIpc) is 2.24. The Morgan fingerprint density at radius 1 is 1.31 bits per heavy atom. The van der Waals surface area contributed by atoms with Crippen LogP contribution in [0.5, 0.6) is 0 Å². The fourth-order valence-electron chi connectivity index (χ4n) is 1.38. The topological polar surface area (TPSA) is 67.3 Å². The molecule has 0 spiro atoms. The lowest BCUT2D eigenvalue weighted by Crippen LogP contribution is -2.14. The summed E-state index contributed by atoms with van der Waals surface area (Å²) < 4.78 is 21.8. The third-order valence-corrected chi connectivity index (χ3v) is 3.31. The number of aliphatic hydroxyl groups excluding tert-OH is 1. The Balaban J connectivity index is 2.28. The lowest BCUT2D eigenvalue weighted by atomic mass is 10.1. The summed E-state index contributed by atoms with van der Waals surface area (Å²) in [7, 11) is -2.97. The van der Waals surface area contributed by atoms with Crippen LogP contribution in [-0.2, 0) is 16.3 Å². The predicted octanol–water partition coefficient (Wildman–Crippen LogP) is 0.810. The van der Waals surface area contributed by atoms with E-state index in [4.69, 9.17) is 0 Å². The van der Waals surface area contributed by atoms with Crippen LogP contribution in [0.1, 0.15) is 18.4 Å². The summed E-state index contributed by atoms with van der Waals surface area (Å²) in [5.41, 5.74) is 1.11. The maximum absolute atomic E-state index is 10.9. The van der Waals surface area contributed by atoms with Gasteiger partial charge in [-0.05, 0) is 37.0 Å². The number of aromatic nitrogens is 1. The molecule has 4 nitrogen and oxygen atoms in total. The molecule has 0 aromatic carbocycles. The van der Waals surface area contributed by atoms with E-state index in [0.717, 1.165) is 12.0 Å². The molecule has 1 N–H and O–H groups in total. The fourth-order valence-corrected chi connectivity index (χ4v) is 2.08. The summed E-state index contributed by atoms with van der Waals surface area (Å²) in [6.07, 6.45) is 5.68. The highest BCUT2D eigenvalue weighted by Crippen LogP contribution is 2.07. The van der Waals surface area contributed by atoms with Gasteiger partial charge in [0.25, 0.3) is 0 Å². The molecular weight excluding hydrogens is 226 g/mol. The largest absolute Gasteiger partial charge is 0.393 e. The van der Waals surface area contributed by atoms with Gasteiger partial charge in [0, 0.05) is 18.6 Å². The maximum atomic E-state index is 10.9. The highest BCUT2D eigenvalue weighted by atomic mass is 32.2. The maximum Gasteiger partial charge on any atom is 0.147 e. The van der Waals surface area contributed by atoms with Crippen molar-refractivity contribution in [2.75, 3.05) is 12.0 Å². The minimum Gasteiger partial charge on any atom is -0.393 e. The molecule has 0 aliphatic rings. The molecule has 0 saturated heterocycles. The second-order valence-electron chi connectivity index (χ2n) is 3.97. The van der Waals surface area contributed by atoms with Gasteiger partial charge in [0.2, 0.25) is 0 Å². The lowest BCUT2D eigenvalue weighted by molar-refractivity contribution is 0.161. The summed E-state index contributed by atoms with van der Waals surface area (Å²) in [6, 6.07) is 3.78. The van der Waals surface area contributed by atoms with Crippen molar-refractivity contribution in [2.45, 2.75) is 25.4 Å². The van der Waals surface area contributed by atoms with E-state index in [1.165, 1.54) is 6.26 Å². The van der Waals surface area contributed by atoms with Crippen molar-refractivity contribution in [3.8, 4) is 0 Å². The van der Waals surface area contributed by atoms with Crippen LogP contribution in [0.4, 0.5) is 0 Å². The Labute approximate surface area is 96.3 Å². The van der Waals surface area contributed by atoms with Gasteiger partial charge < -0.3 is 5.11 Å². The molecule has 0 aliphatic carbocycles. The minimum absolute atomic E-state index is 0.0461. The molecule has 5 heteroatoms. The van der Waals surface area contributed by atoms with E-state index < -0.39 is 15.9 Å². The molecule has 1 aromatic heterocycles. The van der Waals surface area contributed by atoms with Crippen LogP contribution in [0.2, 0.25) is 0 Å². The molecule has 90 valence electrons. The first-order valence-corrected chi connectivity index (χ1v) is 7.28. The summed E-state index contributed by atoms with van der Waals surface area (Å²) >= 11 is 0. The Bertz CT molecular complexity index is 402. The molecule has 0 saturated carbocycles. The third-order valence-electron chi connectivity index (χ3n) is 2.34. The monoisotopic (exact) mass is 243 g/mol. The first kappa shape index (κ1) is 13.1. The van der Waals surface area contributed by atoms with Crippen molar-refractivity contribution in [2.24, 2.45) is 0 Å². The second kappa shape index (κ2) is 5.96. The Morgan fingerprint density at radius 2 is 1.94 bits per heavy atom. The van der Waals surface area contributed by atoms with Gasteiger partial charge in [-0.25, -0.2) is 8.42 Å². The van der Waals surface area contributed by atoms with Crippen molar-refractivity contribution < 1.29 is 13.5 Å². The van der Waals surface area contributed by atoms with Gasteiger partial charge in [0.1, 0.15) is 9.84 Å². The summed E-state index contributed by atoms with van der Waals surface area (Å²) in [4.78, 5) is 3.90. The normalized spacial score (nSPS) is 13.6. The Hall–Kier alpha value is -0.940. The van der Waals surface area contributed by atoms with Crippen LogP contribution in [0.3, 0.4) is 0 Å². The predicted molar refractivity (Wildman–Crippen MR) is 62.9 cm³/mol. The molecule has 1 aromatic rings. The van der Waals surface area contributed by atoms with Gasteiger partial charge in [0.15, 0.2) is 0 Å². The number of hydrogen-bond acceptors (Lipinski definition) is 4. The van der Waals surface area contributed by atoms with E-state index in [1.54, 1.807) is 12.4 Å². The van der Waals surface area contributed by atoms with E-state index >= 15 is 0 Å². The van der Waals surface area contributed by atoms with E-state index in [2.05, 4.69) is 4.98 Å². The average molecular weight is 243 g/mol. The summed E-state index contributed by atoms with van der Waals surface area (Å²) in [5, 5.41) is 9.59. The number of rotatable bonds is 6. The van der Waals surface area contributed by atoms with Gasteiger partial charge in [-0.3, -0.25) is 4.98 Å². The number of sulfone groups is 1. The molecule has 0 aliphatic heterocycles. The van der Waals surface area contributed by atoms with Crippen molar-refractivity contribution >= 4 is 9.84 Å². The highest BCUT2D eigenvalue weighted by molar-refractivity contribution is 7.90. The van der Waals surface area contributed by atoms with Gasteiger partial charge in [0.05, 0.1) is 11.9 Å². The second-order valence-corrected chi connectivity index (χ2v) is 6.23.